The number of H-pyrrole nitrogens is 1. The van der Waals surface area contributed by atoms with Crippen LogP contribution in [0.4, 0.5) is 0 Å². The largest absolute Gasteiger partial charge is 0.340 e. The van der Waals surface area contributed by atoms with Crippen LogP contribution >= 0.6 is 11.8 Å². The molecule has 1 radical (unpaired) electrons. The van der Waals surface area contributed by atoms with Crippen molar-refractivity contribution in [2.45, 2.75) is 18.4 Å². The van der Waals surface area contributed by atoms with E-state index in [1.807, 2.05) is 6.92 Å². The van der Waals surface area contributed by atoms with Gasteiger partial charge in [0.15, 0.2) is 0 Å². The molecule has 0 saturated carbocycles. The van der Waals surface area contributed by atoms with Gasteiger partial charge in [-0.1, -0.05) is 6.92 Å². The highest BCUT2D eigenvalue weighted by Gasteiger charge is 1.98. The Morgan fingerprint density at radius 3 is 3.10 bits per heavy atom. The minimum Gasteiger partial charge on any atom is -0.340 e. The molecule has 0 aliphatic heterocycles. The van der Waals surface area contributed by atoms with Gasteiger partial charge in [-0.3, -0.25) is 0 Å². The van der Waals surface area contributed by atoms with Crippen molar-refractivity contribution in [3.8, 4) is 0 Å². The van der Waals surface area contributed by atoms with Gasteiger partial charge in [0.1, 0.15) is 0 Å². The first-order valence-corrected chi connectivity index (χ1v) is 4.25. The average molecular weight is 155 g/mol. The number of imidazole rings is 1. The summed E-state index contributed by atoms with van der Waals surface area (Å²) in [7, 11) is 0. The van der Waals surface area contributed by atoms with E-state index < -0.39 is 0 Å². The normalized spacial score (nSPS) is 10.2. The predicted octanol–water partition coefficient (Wildman–Crippen LogP) is 2.03. The number of nitrogens with zero attached hydrogens (tertiary/aromatic N) is 1. The molecule has 0 amide bonds. The molecule has 2 nitrogen and oxygen atoms in total. The van der Waals surface area contributed by atoms with Gasteiger partial charge < -0.3 is 4.98 Å². The van der Waals surface area contributed by atoms with E-state index in [4.69, 9.17) is 0 Å². The molecule has 55 valence electrons. The molecular formula is C7H11N2S. The number of aromatic nitrogens is 2. The second-order valence-corrected chi connectivity index (χ2v) is 3.12. The van der Waals surface area contributed by atoms with E-state index >= 15 is 0 Å². The molecule has 0 saturated heterocycles. The van der Waals surface area contributed by atoms with Crippen LogP contribution in [0.25, 0.3) is 0 Å². The summed E-state index contributed by atoms with van der Waals surface area (Å²) in [5.74, 6) is 1.06. The van der Waals surface area contributed by atoms with Crippen LogP contribution in [0.1, 0.15) is 12.1 Å². The summed E-state index contributed by atoms with van der Waals surface area (Å²) in [5.41, 5.74) is 1.08. The summed E-state index contributed by atoms with van der Waals surface area (Å²) in [6.07, 6.45) is 2.68. The van der Waals surface area contributed by atoms with Gasteiger partial charge in [0.25, 0.3) is 0 Å². The minimum atomic E-state index is 0.961. The van der Waals surface area contributed by atoms with Crippen LogP contribution < -0.4 is 0 Å². The minimum absolute atomic E-state index is 0.961. The average Bonchev–Trinajstić information content (AvgIpc) is 2.31. The molecule has 1 aromatic heterocycles. The first-order chi connectivity index (χ1) is 4.84. The van der Waals surface area contributed by atoms with E-state index in [1.165, 1.54) is 5.03 Å². The highest BCUT2D eigenvalue weighted by Crippen LogP contribution is 2.17. The number of aromatic amines is 1. The summed E-state index contributed by atoms with van der Waals surface area (Å²) >= 11 is 1.77. The lowest BCUT2D eigenvalue weighted by atomic mass is 10.6. The molecule has 1 rings (SSSR count). The standard InChI is InChI=1S/C7H11N2S/c1-3-4-10-7-6(2)8-5-9-7/h5H,1,3-4H2,2H3,(H,8,9). The molecular weight excluding hydrogens is 144 g/mol. The SMILES string of the molecule is [CH2]CCSc1[nH]cnc1C. The van der Waals surface area contributed by atoms with Crippen molar-refractivity contribution in [3.05, 3.63) is 18.9 Å². The summed E-state index contributed by atoms with van der Waals surface area (Å²) in [5, 5.41) is 1.17. The molecule has 0 atom stereocenters. The fourth-order valence-corrected chi connectivity index (χ4v) is 1.42. The Morgan fingerprint density at radius 1 is 1.80 bits per heavy atom. The van der Waals surface area contributed by atoms with Gasteiger partial charge in [-0.15, -0.1) is 11.8 Å². The molecule has 0 spiro atoms. The Bertz CT molecular complexity index is 195. The summed E-state index contributed by atoms with van der Waals surface area (Å²) in [6, 6.07) is 0. The number of hydrogen-bond donors (Lipinski definition) is 1. The molecule has 0 aromatic carbocycles. The van der Waals surface area contributed by atoms with Crippen molar-refractivity contribution >= 4 is 11.8 Å². The van der Waals surface area contributed by atoms with E-state index in [9.17, 15) is 0 Å². The molecule has 0 unspecified atom stereocenters. The Morgan fingerprint density at radius 2 is 2.60 bits per heavy atom. The number of aryl methyl sites for hydroxylation is 1. The molecule has 1 N–H and O–H groups in total. The van der Waals surface area contributed by atoms with Gasteiger partial charge in [-0.05, 0) is 19.1 Å². The Kier molecular flexibility index (Phi) is 2.81. The second-order valence-electron chi connectivity index (χ2n) is 2.02. The van der Waals surface area contributed by atoms with Crippen LogP contribution in [0.5, 0.6) is 0 Å². The van der Waals surface area contributed by atoms with Crippen molar-refractivity contribution in [1.82, 2.24) is 9.97 Å². The Hall–Kier alpha value is -0.440. The van der Waals surface area contributed by atoms with Gasteiger partial charge in [0, 0.05) is 0 Å². The maximum absolute atomic E-state index is 4.07. The zero-order valence-electron chi connectivity index (χ0n) is 6.05. The van der Waals surface area contributed by atoms with E-state index in [-0.39, 0.29) is 0 Å². The van der Waals surface area contributed by atoms with Crippen LogP contribution in [0.15, 0.2) is 11.4 Å². The van der Waals surface area contributed by atoms with Gasteiger partial charge >= 0.3 is 0 Å². The quantitative estimate of drug-likeness (QED) is 0.677. The van der Waals surface area contributed by atoms with Gasteiger partial charge in [-0.2, -0.15) is 0 Å². The molecule has 1 heterocycles. The van der Waals surface area contributed by atoms with Crippen LogP contribution in [-0.4, -0.2) is 15.7 Å². The Labute approximate surface area is 65.4 Å². The Balaban J connectivity index is 2.49. The summed E-state index contributed by atoms with van der Waals surface area (Å²) in [4.78, 5) is 7.14. The van der Waals surface area contributed by atoms with Crippen molar-refractivity contribution in [1.29, 1.82) is 0 Å². The van der Waals surface area contributed by atoms with Crippen molar-refractivity contribution < 1.29 is 0 Å². The first kappa shape index (κ1) is 7.66. The van der Waals surface area contributed by atoms with E-state index in [1.54, 1.807) is 18.1 Å². The van der Waals surface area contributed by atoms with E-state index in [0.29, 0.717) is 0 Å². The number of nitrogens with one attached hydrogen (secondary N) is 1. The van der Waals surface area contributed by atoms with Crippen molar-refractivity contribution in [2.24, 2.45) is 0 Å². The van der Waals surface area contributed by atoms with Crippen LogP contribution in [0.2, 0.25) is 0 Å². The van der Waals surface area contributed by atoms with E-state index in [2.05, 4.69) is 16.9 Å². The lowest BCUT2D eigenvalue weighted by molar-refractivity contribution is 1.14. The zero-order valence-corrected chi connectivity index (χ0v) is 6.87. The first-order valence-electron chi connectivity index (χ1n) is 3.26. The van der Waals surface area contributed by atoms with Gasteiger partial charge in [0.2, 0.25) is 0 Å². The maximum Gasteiger partial charge on any atom is 0.0949 e. The second kappa shape index (κ2) is 3.66. The third-order valence-electron chi connectivity index (χ3n) is 1.17. The molecule has 10 heavy (non-hydrogen) atoms. The monoisotopic (exact) mass is 155 g/mol. The summed E-state index contributed by atoms with van der Waals surface area (Å²) in [6.45, 7) is 5.76. The fourth-order valence-electron chi connectivity index (χ4n) is 0.671. The predicted molar refractivity (Wildman–Crippen MR) is 44.0 cm³/mol. The van der Waals surface area contributed by atoms with E-state index in [0.717, 1.165) is 17.9 Å². The number of thioether (sulfide) groups is 1. The maximum atomic E-state index is 4.07. The van der Waals surface area contributed by atoms with Crippen molar-refractivity contribution in [3.63, 3.8) is 0 Å². The third-order valence-corrected chi connectivity index (χ3v) is 2.37. The van der Waals surface area contributed by atoms with Gasteiger partial charge in [0.05, 0.1) is 17.0 Å². The topological polar surface area (TPSA) is 28.7 Å². The molecule has 0 fully saturated rings. The molecule has 1 aromatic rings. The molecule has 0 aliphatic rings. The fraction of sp³-hybridized carbons (Fsp3) is 0.429. The lowest BCUT2D eigenvalue weighted by Crippen LogP contribution is -1.78. The zero-order chi connectivity index (χ0) is 7.40. The van der Waals surface area contributed by atoms with Crippen LogP contribution in [0, 0.1) is 13.8 Å². The number of hydrogen-bond acceptors (Lipinski definition) is 2. The highest BCUT2D eigenvalue weighted by molar-refractivity contribution is 7.99. The van der Waals surface area contributed by atoms with Gasteiger partial charge in [-0.25, -0.2) is 4.98 Å². The van der Waals surface area contributed by atoms with Crippen LogP contribution in [0.3, 0.4) is 0 Å². The molecule has 0 bridgehead atoms. The smallest absolute Gasteiger partial charge is 0.0949 e. The molecule has 0 aliphatic carbocycles. The van der Waals surface area contributed by atoms with Crippen molar-refractivity contribution in [2.75, 3.05) is 5.75 Å². The molecule has 3 heteroatoms. The lowest BCUT2D eigenvalue weighted by Gasteiger charge is -1.94. The highest BCUT2D eigenvalue weighted by atomic mass is 32.2. The summed E-state index contributed by atoms with van der Waals surface area (Å²) < 4.78 is 0. The third kappa shape index (κ3) is 1.77. The van der Waals surface area contributed by atoms with Crippen LogP contribution in [-0.2, 0) is 0 Å². The number of rotatable bonds is 3.